The Labute approximate surface area is 152 Å². The van der Waals surface area contributed by atoms with Crippen molar-refractivity contribution in [3.63, 3.8) is 0 Å². The summed E-state index contributed by atoms with van der Waals surface area (Å²) in [5, 5.41) is 10.0. The average Bonchev–Trinajstić information content (AvgIpc) is 2.69. The highest BCUT2D eigenvalue weighted by atomic mass is 16.6. The van der Waals surface area contributed by atoms with Crippen molar-refractivity contribution in [1.82, 2.24) is 9.88 Å². The number of phenols is 1. The van der Waals surface area contributed by atoms with Gasteiger partial charge in [-0.25, -0.2) is 4.79 Å². The molecule has 1 N–H and O–H groups in total. The lowest BCUT2D eigenvalue weighted by molar-refractivity contribution is 0.0903. The fourth-order valence-corrected chi connectivity index (χ4v) is 2.53. The minimum atomic E-state index is -0.456. The number of hydrogen-bond donors (Lipinski definition) is 1. The van der Waals surface area contributed by atoms with Gasteiger partial charge < -0.3 is 9.84 Å². The molecular formula is C21H20N2O3. The molecule has 0 fully saturated rings. The predicted molar refractivity (Wildman–Crippen MR) is 98.2 cm³/mol. The Kier molecular flexibility index (Phi) is 5.83. The third-order valence-corrected chi connectivity index (χ3v) is 3.90. The monoisotopic (exact) mass is 348 g/mol. The predicted octanol–water partition coefficient (Wildman–Crippen LogP) is 4.13. The molecule has 1 amide bonds. The number of rotatable bonds is 6. The number of carbonyl (C=O) groups is 1. The van der Waals surface area contributed by atoms with Crippen LogP contribution in [-0.4, -0.2) is 21.1 Å². The van der Waals surface area contributed by atoms with E-state index >= 15 is 0 Å². The molecule has 1 heterocycles. The number of aromatic nitrogens is 1. The van der Waals surface area contributed by atoms with Crippen molar-refractivity contribution in [1.29, 1.82) is 0 Å². The van der Waals surface area contributed by atoms with E-state index in [0.29, 0.717) is 12.1 Å². The standard InChI is InChI=1S/C21H20N2O3/c24-20-12-5-4-10-18(20)14-23(15-19-11-6-7-13-22-19)21(25)26-16-17-8-2-1-3-9-17/h1-13,24H,14-16H2. The largest absolute Gasteiger partial charge is 0.508 e. The summed E-state index contributed by atoms with van der Waals surface area (Å²) < 4.78 is 5.45. The molecule has 0 saturated heterocycles. The molecule has 2 aromatic carbocycles. The van der Waals surface area contributed by atoms with Crippen LogP contribution in [0.1, 0.15) is 16.8 Å². The van der Waals surface area contributed by atoms with Gasteiger partial charge in [0.05, 0.1) is 18.8 Å². The van der Waals surface area contributed by atoms with E-state index in [0.717, 1.165) is 11.3 Å². The minimum absolute atomic E-state index is 0.148. The van der Waals surface area contributed by atoms with Crippen LogP contribution < -0.4 is 0 Å². The molecule has 3 rings (SSSR count). The average molecular weight is 348 g/mol. The van der Waals surface area contributed by atoms with Gasteiger partial charge in [0.15, 0.2) is 0 Å². The first kappa shape index (κ1) is 17.5. The van der Waals surface area contributed by atoms with Crippen LogP contribution in [0.2, 0.25) is 0 Å². The Balaban J connectivity index is 1.73. The highest BCUT2D eigenvalue weighted by Gasteiger charge is 2.18. The second-order valence-electron chi connectivity index (χ2n) is 5.85. The van der Waals surface area contributed by atoms with Crippen LogP contribution in [0.5, 0.6) is 5.75 Å². The third kappa shape index (κ3) is 4.83. The summed E-state index contributed by atoms with van der Waals surface area (Å²) in [5.74, 6) is 0.148. The van der Waals surface area contributed by atoms with E-state index in [1.165, 1.54) is 4.90 Å². The zero-order valence-corrected chi connectivity index (χ0v) is 14.3. The molecule has 0 saturated carbocycles. The summed E-state index contributed by atoms with van der Waals surface area (Å²) in [6.07, 6.45) is 1.23. The Hall–Kier alpha value is -3.34. The highest BCUT2D eigenvalue weighted by molar-refractivity contribution is 5.67. The van der Waals surface area contributed by atoms with Gasteiger partial charge in [0.1, 0.15) is 12.4 Å². The quantitative estimate of drug-likeness (QED) is 0.728. The van der Waals surface area contributed by atoms with Crippen molar-refractivity contribution in [2.24, 2.45) is 0 Å². The SMILES string of the molecule is O=C(OCc1ccccc1)N(Cc1ccccn1)Cc1ccccc1O. The van der Waals surface area contributed by atoms with E-state index < -0.39 is 6.09 Å². The molecule has 0 spiro atoms. The molecule has 0 radical (unpaired) electrons. The lowest BCUT2D eigenvalue weighted by atomic mass is 10.2. The number of hydrogen-bond acceptors (Lipinski definition) is 4. The smallest absolute Gasteiger partial charge is 0.410 e. The second kappa shape index (κ2) is 8.67. The van der Waals surface area contributed by atoms with Gasteiger partial charge >= 0.3 is 6.09 Å². The number of para-hydroxylation sites is 1. The summed E-state index contributed by atoms with van der Waals surface area (Å²) in [4.78, 5) is 18.4. The van der Waals surface area contributed by atoms with E-state index in [2.05, 4.69) is 4.98 Å². The molecule has 0 unspecified atom stereocenters. The molecule has 0 aliphatic heterocycles. The van der Waals surface area contributed by atoms with Crippen molar-refractivity contribution in [2.75, 3.05) is 0 Å². The molecule has 5 heteroatoms. The van der Waals surface area contributed by atoms with Crippen LogP contribution in [0.25, 0.3) is 0 Å². The van der Waals surface area contributed by atoms with Crippen molar-refractivity contribution in [3.8, 4) is 5.75 Å². The fraction of sp³-hybridized carbons (Fsp3) is 0.143. The number of benzene rings is 2. The summed E-state index contributed by atoms with van der Waals surface area (Å²) in [6, 6.07) is 22.0. The Bertz CT molecular complexity index is 838. The first-order chi connectivity index (χ1) is 12.7. The lowest BCUT2D eigenvalue weighted by Crippen LogP contribution is -2.31. The third-order valence-electron chi connectivity index (χ3n) is 3.90. The zero-order valence-electron chi connectivity index (χ0n) is 14.3. The van der Waals surface area contributed by atoms with E-state index in [9.17, 15) is 9.90 Å². The maximum absolute atomic E-state index is 12.6. The zero-order chi connectivity index (χ0) is 18.2. The maximum Gasteiger partial charge on any atom is 0.410 e. The van der Waals surface area contributed by atoms with Crippen LogP contribution in [0.3, 0.4) is 0 Å². The van der Waals surface area contributed by atoms with Crippen molar-refractivity contribution >= 4 is 6.09 Å². The minimum Gasteiger partial charge on any atom is -0.508 e. The van der Waals surface area contributed by atoms with Gasteiger partial charge in [-0.1, -0.05) is 54.6 Å². The molecule has 132 valence electrons. The summed E-state index contributed by atoms with van der Waals surface area (Å²) >= 11 is 0. The van der Waals surface area contributed by atoms with Crippen molar-refractivity contribution in [2.45, 2.75) is 19.7 Å². The Morgan fingerprint density at radius 3 is 2.38 bits per heavy atom. The van der Waals surface area contributed by atoms with Crippen molar-refractivity contribution < 1.29 is 14.6 Å². The topological polar surface area (TPSA) is 62.7 Å². The molecule has 0 atom stereocenters. The number of phenolic OH excluding ortho intramolecular Hbond substituents is 1. The number of ether oxygens (including phenoxy) is 1. The van der Waals surface area contributed by atoms with Crippen molar-refractivity contribution in [3.05, 3.63) is 95.8 Å². The fourth-order valence-electron chi connectivity index (χ4n) is 2.53. The van der Waals surface area contributed by atoms with Gasteiger partial charge in [-0.2, -0.15) is 0 Å². The van der Waals surface area contributed by atoms with Crippen LogP contribution >= 0.6 is 0 Å². The molecule has 0 aliphatic rings. The molecule has 0 bridgehead atoms. The second-order valence-corrected chi connectivity index (χ2v) is 5.85. The van der Waals surface area contributed by atoms with Gasteiger partial charge in [-0.05, 0) is 23.8 Å². The van der Waals surface area contributed by atoms with Gasteiger partial charge in [0.2, 0.25) is 0 Å². The normalized spacial score (nSPS) is 10.3. The lowest BCUT2D eigenvalue weighted by Gasteiger charge is -2.22. The first-order valence-corrected chi connectivity index (χ1v) is 8.35. The van der Waals surface area contributed by atoms with Gasteiger partial charge in [-0.3, -0.25) is 9.88 Å². The van der Waals surface area contributed by atoms with E-state index in [1.54, 1.807) is 24.4 Å². The number of pyridine rings is 1. The molecule has 0 aliphatic carbocycles. The molecule has 5 nitrogen and oxygen atoms in total. The summed E-state index contributed by atoms with van der Waals surface area (Å²) in [6.45, 7) is 0.721. The van der Waals surface area contributed by atoms with Crippen LogP contribution in [-0.2, 0) is 24.4 Å². The van der Waals surface area contributed by atoms with E-state index in [1.807, 2.05) is 54.6 Å². The van der Waals surface area contributed by atoms with Gasteiger partial charge in [-0.15, -0.1) is 0 Å². The molecule has 1 aromatic heterocycles. The Morgan fingerprint density at radius 1 is 0.923 bits per heavy atom. The van der Waals surface area contributed by atoms with Crippen LogP contribution in [0, 0.1) is 0 Å². The summed E-state index contributed by atoms with van der Waals surface area (Å²) in [7, 11) is 0. The van der Waals surface area contributed by atoms with Gasteiger partial charge in [0.25, 0.3) is 0 Å². The van der Waals surface area contributed by atoms with E-state index in [4.69, 9.17) is 4.74 Å². The first-order valence-electron chi connectivity index (χ1n) is 8.35. The molecular weight excluding hydrogens is 328 g/mol. The van der Waals surface area contributed by atoms with Crippen LogP contribution in [0.4, 0.5) is 4.79 Å². The van der Waals surface area contributed by atoms with Crippen LogP contribution in [0.15, 0.2) is 79.0 Å². The Morgan fingerprint density at radius 2 is 1.65 bits per heavy atom. The highest BCUT2D eigenvalue weighted by Crippen LogP contribution is 2.19. The number of aromatic hydroxyl groups is 1. The van der Waals surface area contributed by atoms with E-state index in [-0.39, 0.29) is 18.9 Å². The molecule has 3 aromatic rings. The molecule has 26 heavy (non-hydrogen) atoms. The number of carbonyl (C=O) groups excluding carboxylic acids is 1. The summed E-state index contributed by atoms with van der Waals surface area (Å²) in [5.41, 5.74) is 2.32. The number of amides is 1. The number of nitrogens with zero attached hydrogens (tertiary/aromatic N) is 2. The maximum atomic E-state index is 12.6. The van der Waals surface area contributed by atoms with Gasteiger partial charge in [0, 0.05) is 11.8 Å².